The third-order valence-electron chi connectivity index (χ3n) is 2.67. The Kier molecular flexibility index (Phi) is 5.73. The van der Waals surface area contributed by atoms with Crippen LogP contribution in [0.3, 0.4) is 0 Å². The number of ether oxygens (including phenoxy) is 1. The fourth-order valence-corrected chi connectivity index (χ4v) is 1.93. The number of terminal acetylenes is 1. The molecule has 0 spiro atoms. The van der Waals surface area contributed by atoms with Gasteiger partial charge in [0.1, 0.15) is 6.61 Å². The van der Waals surface area contributed by atoms with Gasteiger partial charge in [-0.3, -0.25) is 0 Å². The number of nitrogens with zero attached hydrogens (tertiary/aromatic N) is 1. The Morgan fingerprint density at radius 1 is 1.69 bits per heavy atom. The van der Waals surface area contributed by atoms with E-state index in [0.29, 0.717) is 25.7 Å². The van der Waals surface area contributed by atoms with E-state index in [0.717, 1.165) is 25.9 Å². The molecule has 0 aromatic rings. The van der Waals surface area contributed by atoms with E-state index >= 15 is 0 Å². The van der Waals surface area contributed by atoms with Gasteiger partial charge in [-0.05, 0) is 19.8 Å². The van der Waals surface area contributed by atoms with Crippen LogP contribution < -0.4 is 5.32 Å². The largest absolute Gasteiger partial charge is 0.368 e. The van der Waals surface area contributed by atoms with Crippen molar-refractivity contribution in [3.8, 4) is 12.3 Å². The molecule has 16 heavy (non-hydrogen) atoms. The lowest BCUT2D eigenvalue weighted by Crippen LogP contribution is -2.46. The molecule has 1 heterocycles. The van der Waals surface area contributed by atoms with Gasteiger partial charge in [0.05, 0.1) is 6.61 Å². The summed E-state index contributed by atoms with van der Waals surface area (Å²) in [5.41, 5.74) is 0. The van der Waals surface area contributed by atoms with Crippen molar-refractivity contribution >= 4 is 6.03 Å². The van der Waals surface area contributed by atoms with Gasteiger partial charge < -0.3 is 15.0 Å². The van der Waals surface area contributed by atoms with Crippen molar-refractivity contribution in [3.05, 3.63) is 0 Å². The summed E-state index contributed by atoms with van der Waals surface area (Å²) in [6, 6.07) is 0.0316. The molecule has 1 N–H and O–H groups in total. The molecule has 0 bridgehead atoms. The topological polar surface area (TPSA) is 41.6 Å². The zero-order chi connectivity index (χ0) is 11.8. The van der Waals surface area contributed by atoms with Crippen molar-refractivity contribution in [2.45, 2.75) is 19.8 Å². The normalized spacial score (nSPS) is 20.2. The summed E-state index contributed by atoms with van der Waals surface area (Å²) in [5, 5.41) is 2.82. The molecule has 4 nitrogen and oxygen atoms in total. The van der Waals surface area contributed by atoms with E-state index in [1.807, 2.05) is 11.8 Å². The van der Waals surface area contributed by atoms with Crippen molar-refractivity contribution in [1.82, 2.24) is 10.2 Å². The van der Waals surface area contributed by atoms with Crippen molar-refractivity contribution < 1.29 is 9.53 Å². The number of carbonyl (C=O) groups is 1. The number of rotatable bonds is 4. The summed E-state index contributed by atoms with van der Waals surface area (Å²) >= 11 is 0. The molecule has 1 atom stereocenters. The van der Waals surface area contributed by atoms with Crippen LogP contribution in [0.1, 0.15) is 19.8 Å². The van der Waals surface area contributed by atoms with Crippen molar-refractivity contribution in [1.29, 1.82) is 0 Å². The first-order valence-electron chi connectivity index (χ1n) is 5.82. The Morgan fingerprint density at radius 2 is 2.50 bits per heavy atom. The number of nitrogens with one attached hydrogen (secondary N) is 1. The predicted octanol–water partition coefficient (Wildman–Crippen LogP) is 1.08. The number of hydrogen-bond acceptors (Lipinski definition) is 2. The second-order valence-electron chi connectivity index (χ2n) is 4.01. The van der Waals surface area contributed by atoms with Crippen LogP contribution in [0.2, 0.25) is 0 Å². The van der Waals surface area contributed by atoms with E-state index in [1.54, 1.807) is 0 Å². The van der Waals surface area contributed by atoms with Crippen LogP contribution in [0.15, 0.2) is 0 Å². The van der Waals surface area contributed by atoms with E-state index in [2.05, 4.69) is 11.2 Å². The van der Waals surface area contributed by atoms with Crippen LogP contribution in [0, 0.1) is 18.3 Å². The lowest BCUT2D eigenvalue weighted by Gasteiger charge is -2.32. The predicted molar refractivity (Wildman–Crippen MR) is 63.0 cm³/mol. The van der Waals surface area contributed by atoms with E-state index < -0.39 is 0 Å². The first-order chi connectivity index (χ1) is 7.77. The zero-order valence-electron chi connectivity index (χ0n) is 9.87. The highest BCUT2D eigenvalue weighted by molar-refractivity contribution is 5.74. The molecule has 90 valence electrons. The standard InChI is InChI=1S/C12H20N2O2/c1-3-8-16-10-11-6-5-7-14(9-11)12(15)13-4-2/h1,11H,4-10H2,2H3,(H,13,15)/t11-/m1/s1. The van der Waals surface area contributed by atoms with E-state index in [4.69, 9.17) is 11.2 Å². The molecule has 0 saturated carbocycles. The van der Waals surface area contributed by atoms with Gasteiger partial charge in [0, 0.05) is 25.6 Å². The van der Waals surface area contributed by atoms with Gasteiger partial charge >= 0.3 is 6.03 Å². The maximum atomic E-state index is 11.6. The first-order valence-corrected chi connectivity index (χ1v) is 5.82. The molecule has 4 heteroatoms. The first kappa shape index (κ1) is 12.9. The van der Waals surface area contributed by atoms with Crippen LogP contribution in [0.4, 0.5) is 4.79 Å². The minimum absolute atomic E-state index is 0.0316. The number of amides is 2. The number of likely N-dealkylation sites (tertiary alicyclic amines) is 1. The third-order valence-corrected chi connectivity index (χ3v) is 2.67. The highest BCUT2D eigenvalue weighted by Gasteiger charge is 2.23. The van der Waals surface area contributed by atoms with Crippen molar-refractivity contribution in [3.63, 3.8) is 0 Å². The molecule has 0 aliphatic carbocycles. The molecule has 2 amide bonds. The molecule has 0 radical (unpaired) electrons. The molecule has 1 saturated heterocycles. The molecule has 1 aliphatic heterocycles. The van der Waals surface area contributed by atoms with Gasteiger partial charge in [-0.15, -0.1) is 6.42 Å². The molecule has 1 rings (SSSR count). The molecule has 0 unspecified atom stereocenters. The number of piperidine rings is 1. The van der Waals surface area contributed by atoms with Gasteiger partial charge in [0.25, 0.3) is 0 Å². The van der Waals surface area contributed by atoms with Crippen LogP contribution in [-0.2, 0) is 4.74 Å². The minimum Gasteiger partial charge on any atom is -0.368 e. The molecule has 0 aromatic carbocycles. The van der Waals surface area contributed by atoms with Crippen molar-refractivity contribution in [2.24, 2.45) is 5.92 Å². The van der Waals surface area contributed by atoms with E-state index in [-0.39, 0.29) is 6.03 Å². The van der Waals surface area contributed by atoms with Crippen LogP contribution >= 0.6 is 0 Å². The average Bonchev–Trinajstić information content (AvgIpc) is 2.30. The lowest BCUT2D eigenvalue weighted by molar-refractivity contribution is 0.0859. The Morgan fingerprint density at radius 3 is 3.19 bits per heavy atom. The quantitative estimate of drug-likeness (QED) is 0.573. The molecule has 1 aliphatic rings. The molecule has 0 aromatic heterocycles. The SMILES string of the molecule is C#CCOC[C@@H]1CCCN(C(=O)NCC)C1. The van der Waals surface area contributed by atoms with Gasteiger partial charge in [-0.2, -0.15) is 0 Å². The highest BCUT2D eigenvalue weighted by Crippen LogP contribution is 2.16. The molecule has 1 fully saturated rings. The second-order valence-corrected chi connectivity index (χ2v) is 4.01. The summed E-state index contributed by atoms with van der Waals surface area (Å²) in [5.74, 6) is 2.87. The third kappa shape index (κ3) is 4.11. The second kappa shape index (κ2) is 7.13. The molecular formula is C12H20N2O2. The average molecular weight is 224 g/mol. The Balaban J connectivity index is 2.29. The summed E-state index contributed by atoms with van der Waals surface area (Å²) in [6.07, 6.45) is 7.26. The number of carbonyl (C=O) groups excluding carboxylic acids is 1. The fourth-order valence-electron chi connectivity index (χ4n) is 1.93. The van der Waals surface area contributed by atoms with Gasteiger partial charge in [0.15, 0.2) is 0 Å². The zero-order valence-corrected chi connectivity index (χ0v) is 9.87. The minimum atomic E-state index is 0.0316. The van der Waals surface area contributed by atoms with Gasteiger partial charge in [-0.25, -0.2) is 4.79 Å². The monoisotopic (exact) mass is 224 g/mol. The number of urea groups is 1. The maximum absolute atomic E-state index is 11.6. The van der Waals surface area contributed by atoms with Crippen LogP contribution in [0.25, 0.3) is 0 Å². The summed E-state index contributed by atoms with van der Waals surface area (Å²) in [4.78, 5) is 13.5. The van der Waals surface area contributed by atoms with Gasteiger partial charge in [-0.1, -0.05) is 5.92 Å². The Hall–Kier alpha value is -1.21. The van der Waals surface area contributed by atoms with Crippen LogP contribution in [-0.4, -0.2) is 43.8 Å². The summed E-state index contributed by atoms with van der Waals surface area (Å²) in [7, 11) is 0. The Bertz CT molecular complexity index is 260. The summed E-state index contributed by atoms with van der Waals surface area (Å²) in [6.45, 7) is 5.23. The lowest BCUT2D eigenvalue weighted by atomic mass is 9.99. The maximum Gasteiger partial charge on any atom is 0.317 e. The van der Waals surface area contributed by atoms with Crippen molar-refractivity contribution in [2.75, 3.05) is 32.8 Å². The Labute approximate surface area is 97.3 Å². The fraction of sp³-hybridized carbons (Fsp3) is 0.750. The number of hydrogen-bond donors (Lipinski definition) is 1. The molecular weight excluding hydrogens is 204 g/mol. The summed E-state index contributed by atoms with van der Waals surface area (Å²) < 4.78 is 5.32. The van der Waals surface area contributed by atoms with E-state index in [1.165, 1.54) is 0 Å². The van der Waals surface area contributed by atoms with Crippen LogP contribution in [0.5, 0.6) is 0 Å². The highest BCUT2D eigenvalue weighted by atomic mass is 16.5. The van der Waals surface area contributed by atoms with Gasteiger partial charge in [0.2, 0.25) is 0 Å². The van der Waals surface area contributed by atoms with E-state index in [9.17, 15) is 4.79 Å². The smallest absolute Gasteiger partial charge is 0.317 e.